The zero-order valence-electron chi connectivity index (χ0n) is 12.9. The lowest BCUT2D eigenvalue weighted by molar-refractivity contribution is -0.687. The highest BCUT2D eigenvalue weighted by atomic mass is 16.1. The first kappa shape index (κ1) is 14.3. The van der Waals surface area contributed by atoms with E-state index in [0.29, 0.717) is 0 Å². The third-order valence-electron chi connectivity index (χ3n) is 3.71. The number of aryl methyl sites for hydroxylation is 1. The molecular weight excluding hydrogens is 272 g/mol. The van der Waals surface area contributed by atoms with E-state index in [1.165, 1.54) is 11.1 Å². The van der Waals surface area contributed by atoms with E-state index >= 15 is 0 Å². The monoisotopic (exact) mass is 291 g/mol. The number of Topliss-reactive ketones (excluding diaryl/α,β-unsaturated/α-hetero) is 1. The Balaban J connectivity index is 1.80. The summed E-state index contributed by atoms with van der Waals surface area (Å²) in [6.45, 7) is 4.54. The maximum atomic E-state index is 11.3. The van der Waals surface area contributed by atoms with Crippen LogP contribution in [-0.2, 0) is 6.54 Å². The first-order chi connectivity index (χ1) is 10.6. The van der Waals surface area contributed by atoms with Crippen LogP contribution in [0.2, 0.25) is 0 Å². The number of hydrogen-bond donors (Lipinski definition) is 0. The van der Waals surface area contributed by atoms with Gasteiger partial charge in [0.2, 0.25) is 6.33 Å². The Labute approximate surface area is 130 Å². The standard InChI is InChI=1S/C19H19N2O/c1-15-4-3-5-17(12-15)13-20-10-11-21(14-20)19-8-6-18(7-9-19)16(2)22/h3-12,14H,13H2,1-2H3/q+1. The van der Waals surface area contributed by atoms with Crippen molar-refractivity contribution in [1.29, 1.82) is 0 Å². The lowest BCUT2D eigenvalue weighted by Gasteiger charge is -2.00. The van der Waals surface area contributed by atoms with Gasteiger partial charge in [-0.2, -0.15) is 0 Å². The van der Waals surface area contributed by atoms with Gasteiger partial charge in [0.15, 0.2) is 5.78 Å². The molecule has 1 aromatic heterocycles. The van der Waals surface area contributed by atoms with Gasteiger partial charge < -0.3 is 0 Å². The SMILES string of the molecule is CC(=O)c1ccc(-n2cc[n+](Cc3cccc(C)c3)c2)cc1. The van der Waals surface area contributed by atoms with Gasteiger partial charge in [-0.25, -0.2) is 9.13 Å². The maximum Gasteiger partial charge on any atom is 0.249 e. The Kier molecular flexibility index (Phi) is 3.88. The third kappa shape index (κ3) is 3.14. The Bertz CT molecular complexity index is 800. The van der Waals surface area contributed by atoms with Gasteiger partial charge in [0.1, 0.15) is 24.6 Å². The van der Waals surface area contributed by atoms with Crippen molar-refractivity contribution >= 4 is 5.78 Å². The van der Waals surface area contributed by atoms with Gasteiger partial charge >= 0.3 is 0 Å². The van der Waals surface area contributed by atoms with Gasteiger partial charge in [-0.1, -0.05) is 29.8 Å². The van der Waals surface area contributed by atoms with E-state index in [1.54, 1.807) is 6.92 Å². The molecule has 1 heterocycles. The second-order valence-electron chi connectivity index (χ2n) is 5.59. The molecule has 0 radical (unpaired) electrons. The summed E-state index contributed by atoms with van der Waals surface area (Å²) in [6.07, 6.45) is 6.14. The highest BCUT2D eigenvalue weighted by Crippen LogP contribution is 2.10. The predicted octanol–water partition coefficient (Wildman–Crippen LogP) is 3.32. The van der Waals surface area contributed by atoms with Crippen LogP contribution in [0.25, 0.3) is 5.69 Å². The fourth-order valence-electron chi connectivity index (χ4n) is 2.53. The second-order valence-corrected chi connectivity index (χ2v) is 5.59. The highest BCUT2D eigenvalue weighted by Gasteiger charge is 2.08. The van der Waals surface area contributed by atoms with Crippen LogP contribution in [0.5, 0.6) is 0 Å². The Morgan fingerprint density at radius 2 is 1.91 bits per heavy atom. The molecule has 0 aliphatic heterocycles. The van der Waals surface area contributed by atoms with Crippen LogP contribution in [0.3, 0.4) is 0 Å². The Morgan fingerprint density at radius 1 is 1.14 bits per heavy atom. The summed E-state index contributed by atoms with van der Waals surface area (Å²) < 4.78 is 4.20. The molecule has 0 N–H and O–H groups in total. The van der Waals surface area contributed by atoms with Crippen LogP contribution in [0.4, 0.5) is 0 Å². The number of hydrogen-bond acceptors (Lipinski definition) is 1. The molecular formula is C19H19N2O+. The molecule has 3 aromatic rings. The second kappa shape index (κ2) is 5.98. The average molecular weight is 291 g/mol. The lowest BCUT2D eigenvalue weighted by atomic mass is 10.1. The molecule has 3 nitrogen and oxygen atoms in total. The van der Waals surface area contributed by atoms with E-state index < -0.39 is 0 Å². The molecule has 0 saturated carbocycles. The number of ketones is 1. The smallest absolute Gasteiger partial charge is 0.249 e. The first-order valence-electron chi connectivity index (χ1n) is 7.36. The minimum absolute atomic E-state index is 0.0913. The number of rotatable bonds is 4. The lowest BCUT2D eigenvalue weighted by Crippen LogP contribution is -2.31. The molecule has 0 unspecified atom stereocenters. The fourth-order valence-corrected chi connectivity index (χ4v) is 2.53. The normalized spacial score (nSPS) is 10.6. The van der Waals surface area contributed by atoms with E-state index in [4.69, 9.17) is 0 Å². The summed E-state index contributed by atoms with van der Waals surface area (Å²) in [7, 11) is 0. The Hall–Kier alpha value is -2.68. The van der Waals surface area contributed by atoms with Crippen molar-refractivity contribution in [2.45, 2.75) is 20.4 Å². The van der Waals surface area contributed by atoms with E-state index in [2.05, 4.69) is 52.8 Å². The number of carbonyl (C=O) groups is 1. The van der Waals surface area contributed by atoms with E-state index in [0.717, 1.165) is 17.8 Å². The number of aromatic nitrogens is 2. The maximum absolute atomic E-state index is 11.3. The minimum Gasteiger partial charge on any atom is -0.295 e. The quantitative estimate of drug-likeness (QED) is 0.535. The van der Waals surface area contributed by atoms with Crippen LogP contribution in [-0.4, -0.2) is 10.4 Å². The van der Waals surface area contributed by atoms with Gasteiger partial charge in [0.05, 0.1) is 0 Å². The van der Waals surface area contributed by atoms with E-state index in [1.807, 2.05) is 30.5 Å². The van der Waals surface area contributed by atoms with Crippen molar-refractivity contribution < 1.29 is 9.36 Å². The molecule has 0 fully saturated rings. The predicted molar refractivity (Wildman–Crippen MR) is 86.2 cm³/mol. The van der Waals surface area contributed by atoms with Crippen molar-refractivity contribution in [2.24, 2.45) is 0 Å². The zero-order chi connectivity index (χ0) is 15.5. The van der Waals surface area contributed by atoms with Crippen LogP contribution >= 0.6 is 0 Å². The summed E-state index contributed by atoms with van der Waals surface area (Å²) in [5.74, 6) is 0.0913. The highest BCUT2D eigenvalue weighted by molar-refractivity contribution is 5.94. The molecule has 0 saturated heterocycles. The van der Waals surface area contributed by atoms with Crippen molar-refractivity contribution in [2.75, 3.05) is 0 Å². The zero-order valence-corrected chi connectivity index (χ0v) is 12.9. The molecule has 0 atom stereocenters. The van der Waals surface area contributed by atoms with Crippen molar-refractivity contribution in [1.82, 2.24) is 4.57 Å². The molecule has 0 aliphatic carbocycles. The van der Waals surface area contributed by atoms with Crippen molar-refractivity contribution in [3.05, 3.63) is 83.9 Å². The van der Waals surface area contributed by atoms with Gasteiger partial charge in [-0.05, 0) is 43.7 Å². The van der Waals surface area contributed by atoms with Gasteiger partial charge in [0, 0.05) is 5.56 Å². The molecule has 0 amide bonds. The van der Waals surface area contributed by atoms with E-state index in [-0.39, 0.29) is 5.78 Å². The molecule has 2 aromatic carbocycles. The minimum atomic E-state index is 0.0913. The molecule has 0 aliphatic rings. The summed E-state index contributed by atoms with van der Waals surface area (Å²) >= 11 is 0. The van der Waals surface area contributed by atoms with Gasteiger partial charge in [-0.3, -0.25) is 4.79 Å². The summed E-state index contributed by atoms with van der Waals surface area (Å²) in [4.78, 5) is 11.3. The summed E-state index contributed by atoms with van der Waals surface area (Å²) in [5.41, 5.74) is 4.35. The number of imidazole rings is 1. The summed E-state index contributed by atoms with van der Waals surface area (Å²) in [5, 5.41) is 0. The van der Waals surface area contributed by atoms with Gasteiger partial charge in [-0.15, -0.1) is 0 Å². The molecule has 110 valence electrons. The average Bonchev–Trinajstić information content (AvgIpc) is 2.96. The molecule has 3 heteroatoms. The molecule has 0 spiro atoms. The van der Waals surface area contributed by atoms with Crippen LogP contribution in [0, 0.1) is 6.92 Å². The van der Waals surface area contributed by atoms with E-state index in [9.17, 15) is 4.79 Å². The molecule has 3 rings (SSSR count). The van der Waals surface area contributed by atoms with Crippen LogP contribution in [0.1, 0.15) is 28.4 Å². The third-order valence-corrected chi connectivity index (χ3v) is 3.71. The van der Waals surface area contributed by atoms with Crippen LogP contribution < -0.4 is 4.57 Å². The molecule has 0 bridgehead atoms. The number of carbonyl (C=O) groups excluding carboxylic acids is 1. The summed E-state index contributed by atoms with van der Waals surface area (Å²) in [6, 6.07) is 16.2. The van der Waals surface area contributed by atoms with Crippen LogP contribution in [0.15, 0.2) is 67.3 Å². The molecule has 22 heavy (non-hydrogen) atoms. The number of benzene rings is 2. The topological polar surface area (TPSA) is 25.9 Å². The number of nitrogens with zero attached hydrogens (tertiary/aromatic N) is 2. The first-order valence-corrected chi connectivity index (χ1v) is 7.36. The Morgan fingerprint density at radius 3 is 2.59 bits per heavy atom. The fraction of sp³-hybridized carbons (Fsp3) is 0.158. The van der Waals surface area contributed by atoms with Crippen molar-refractivity contribution in [3.8, 4) is 5.69 Å². The van der Waals surface area contributed by atoms with Gasteiger partial charge in [0.25, 0.3) is 0 Å². The van der Waals surface area contributed by atoms with Crippen molar-refractivity contribution in [3.63, 3.8) is 0 Å². The largest absolute Gasteiger partial charge is 0.295 e.